The molecular weight excluding hydrogens is 352 g/mol. The SMILES string of the molecule is COc1cccc([C@@H]2[C@@H](C(=O)Nc3nnc(C4CC4)s3)CC(=O)N2C)c1. The second-order valence-corrected chi connectivity index (χ2v) is 7.75. The Hall–Kier alpha value is -2.48. The normalized spacial score (nSPS) is 22.5. The van der Waals surface area contributed by atoms with E-state index in [9.17, 15) is 9.59 Å². The maximum Gasteiger partial charge on any atom is 0.232 e. The zero-order valence-corrected chi connectivity index (χ0v) is 15.5. The van der Waals surface area contributed by atoms with E-state index in [1.54, 1.807) is 19.1 Å². The van der Waals surface area contributed by atoms with E-state index in [-0.39, 0.29) is 24.3 Å². The number of benzene rings is 1. The summed E-state index contributed by atoms with van der Waals surface area (Å²) in [6, 6.07) is 7.17. The Morgan fingerprint density at radius 1 is 1.35 bits per heavy atom. The summed E-state index contributed by atoms with van der Waals surface area (Å²) in [4.78, 5) is 26.8. The molecular formula is C18H20N4O3S. The molecule has 2 atom stereocenters. The van der Waals surface area contributed by atoms with E-state index in [4.69, 9.17) is 4.74 Å². The number of methoxy groups -OCH3 is 1. The number of nitrogens with zero attached hydrogens (tertiary/aromatic N) is 3. The summed E-state index contributed by atoms with van der Waals surface area (Å²) in [6.07, 6.45) is 2.46. The molecule has 8 heteroatoms. The molecule has 2 fully saturated rings. The molecule has 1 aromatic carbocycles. The molecule has 2 heterocycles. The van der Waals surface area contributed by atoms with Crippen molar-refractivity contribution in [3.63, 3.8) is 0 Å². The number of ether oxygens (including phenoxy) is 1. The smallest absolute Gasteiger partial charge is 0.232 e. The molecule has 0 radical (unpaired) electrons. The van der Waals surface area contributed by atoms with Crippen molar-refractivity contribution in [2.75, 3.05) is 19.5 Å². The maximum atomic E-state index is 12.9. The quantitative estimate of drug-likeness (QED) is 0.872. The lowest BCUT2D eigenvalue weighted by Crippen LogP contribution is -2.30. The average molecular weight is 372 g/mol. The van der Waals surface area contributed by atoms with Crippen LogP contribution in [0.15, 0.2) is 24.3 Å². The van der Waals surface area contributed by atoms with Crippen LogP contribution in [0, 0.1) is 5.92 Å². The fourth-order valence-corrected chi connectivity index (χ4v) is 4.28. The molecule has 1 saturated heterocycles. The van der Waals surface area contributed by atoms with Crippen LogP contribution in [0.3, 0.4) is 0 Å². The van der Waals surface area contributed by atoms with Gasteiger partial charge in [0.2, 0.25) is 16.9 Å². The van der Waals surface area contributed by atoms with Crippen LogP contribution >= 0.6 is 11.3 Å². The lowest BCUT2D eigenvalue weighted by atomic mass is 9.93. The summed E-state index contributed by atoms with van der Waals surface area (Å²) in [5.74, 6) is 0.477. The van der Waals surface area contributed by atoms with Gasteiger partial charge in [-0.05, 0) is 30.5 Å². The van der Waals surface area contributed by atoms with E-state index < -0.39 is 5.92 Å². The van der Waals surface area contributed by atoms with Crippen LogP contribution in [0.5, 0.6) is 5.75 Å². The standard InChI is InChI=1S/C18H20N4O3S/c1-22-14(23)9-13(15(22)11-4-3-5-12(8-11)25-2)16(24)19-18-21-20-17(26-18)10-6-7-10/h3-5,8,10,13,15H,6-7,9H2,1-2H3,(H,19,21,24)/t13-,15+/m0/s1. The Morgan fingerprint density at radius 2 is 2.15 bits per heavy atom. The zero-order valence-electron chi connectivity index (χ0n) is 14.6. The van der Waals surface area contributed by atoms with Crippen molar-refractivity contribution in [3.05, 3.63) is 34.8 Å². The van der Waals surface area contributed by atoms with Crippen LogP contribution in [0.2, 0.25) is 0 Å². The lowest BCUT2D eigenvalue weighted by molar-refractivity contribution is -0.127. The first kappa shape index (κ1) is 17.0. The largest absolute Gasteiger partial charge is 0.497 e. The van der Waals surface area contributed by atoms with Crippen LogP contribution in [-0.2, 0) is 9.59 Å². The summed E-state index contributed by atoms with van der Waals surface area (Å²) in [5.41, 5.74) is 0.883. The van der Waals surface area contributed by atoms with Crippen LogP contribution in [0.1, 0.15) is 41.8 Å². The topological polar surface area (TPSA) is 84.4 Å². The summed E-state index contributed by atoms with van der Waals surface area (Å²) in [5, 5.41) is 12.5. The average Bonchev–Trinajstić information content (AvgIpc) is 3.32. The number of anilines is 1. The second-order valence-electron chi connectivity index (χ2n) is 6.75. The van der Waals surface area contributed by atoms with Gasteiger partial charge in [0, 0.05) is 19.4 Å². The van der Waals surface area contributed by atoms with Gasteiger partial charge in [-0.15, -0.1) is 10.2 Å². The zero-order chi connectivity index (χ0) is 18.3. The van der Waals surface area contributed by atoms with E-state index in [2.05, 4.69) is 15.5 Å². The van der Waals surface area contributed by atoms with Crippen LogP contribution in [-0.4, -0.2) is 41.1 Å². The van der Waals surface area contributed by atoms with Crippen molar-refractivity contribution in [1.29, 1.82) is 0 Å². The molecule has 1 N–H and O–H groups in total. The van der Waals surface area contributed by atoms with Crippen molar-refractivity contribution in [2.24, 2.45) is 5.92 Å². The Balaban J connectivity index is 1.55. The number of likely N-dealkylation sites (tertiary alicyclic amines) is 1. The first-order chi connectivity index (χ1) is 12.6. The second kappa shape index (κ2) is 6.68. The first-order valence-electron chi connectivity index (χ1n) is 8.60. The van der Waals surface area contributed by atoms with Crippen molar-refractivity contribution in [2.45, 2.75) is 31.2 Å². The number of nitrogens with one attached hydrogen (secondary N) is 1. The molecule has 136 valence electrons. The van der Waals surface area contributed by atoms with Crippen molar-refractivity contribution in [1.82, 2.24) is 15.1 Å². The number of hydrogen-bond donors (Lipinski definition) is 1. The predicted molar refractivity (Wildman–Crippen MR) is 97.1 cm³/mol. The van der Waals surface area contributed by atoms with E-state index >= 15 is 0 Å². The molecule has 2 aliphatic rings. The van der Waals surface area contributed by atoms with Gasteiger partial charge in [0.05, 0.1) is 19.1 Å². The Kier molecular flexibility index (Phi) is 4.36. The fourth-order valence-electron chi connectivity index (χ4n) is 3.36. The third kappa shape index (κ3) is 3.16. The van der Waals surface area contributed by atoms with Gasteiger partial charge in [0.25, 0.3) is 0 Å². The molecule has 2 aromatic rings. The third-order valence-electron chi connectivity index (χ3n) is 4.96. The van der Waals surface area contributed by atoms with Gasteiger partial charge in [-0.1, -0.05) is 23.5 Å². The molecule has 1 aromatic heterocycles. The van der Waals surface area contributed by atoms with Gasteiger partial charge in [0.1, 0.15) is 10.8 Å². The monoisotopic (exact) mass is 372 g/mol. The van der Waals surface area contributed by atoms with Crippen LogP contribution < -0.4 is 10.1 Å². The van der Waals surface area contributed by atoms with Crippen molar-refractivity contribution < 1.29 is 14.3 Å². The maximum absolute atomic E-state index is 12.9. The number of amides is 2. The minimum Gasteiger partial charge on any atom is -0.497 e. The minimum atomic E-state index is -0.479. The highest BCUT2D eigenvalue weighted by Crippen LogP contribution is 2.43. The van der Waals surface area contributed by atoms with Crippen LogP contribution in [0.4, 0.5) is 5.13 Å². The van der Waals surface area contributed by atoms with E-state index in [0.717, 1.165) is 23.4 Å². The first-order valence-corrected chi connectivity index (χ1v) is 9.42. The summed E-state index contributed by atoms with van der Waals surface area (Å²) >= 11 is 1.42. The van der Waals surface area contributed by atoms with Gasteiger partial charge < -0.3 is 15.0 Å². The van der Waals surface area contributed by atoms with Gasteiger partial charge in [-0.3, -0.25) is 9.59 Å². The van der Waals surface area contributed by atoms with E-state index in [1.165, 1.54) is 11.3 Å². The van der Waals surface area contributed by atoms with E-state index in [1.807, 2.05) is 24.3 Å². The van der Waals surface area contributed by atoms with E-state index in [0.29, 0.717) is 16.8 Å². The van der Waals surface area contributed by atoms with Crippen molar-refractivity contribution in [3.8, 4) is 5.75 Å². The highest BCUT2D eigenvalue weighted by molar-refractivity contribution is 7.15. The van der Waals surface area contributed by atoms with Gasteiger partial charge in [0.15, 0.2) is 0 Å². The van der Waals surface area contributed by atoms with Crippen molar-refractivity contribution >= 4 is 28.3 Å². The highest BCUT2D eigenvalue weighted by atomic mass is 32.1. The Bertz CT molecular complexity index is 848. The van der Waals surface area contributed by atoms with Gasteiger partial charge >= 0.3 is 0 Å². The number of aromatic nitrogens is 2. The summed E-state index contributed by atoms with van der Waals surface area (Å²) < 4.78 is 5.28. The number of carbonyl (C=O) groups excluding carboxylic acids is 2. The molecule has 1 aliphatic carbocycles. The molecule has 0 unspecified atom stereocenters. The number of rotatable bonds is 5. The van der Waals surface area contributed by atoms with Gasteiger partial charge in [-0.25, -0.2) is 0 Å². The number of hydrogen-bond acceptors (Lipinski definition) is 6. The molecule has 2 amide bonds. The molecule has 0 bridgehead atoms. The fraction of sp³-hybridized carbons (Fsp3) is 0.444. The molecule has 7 nitrogen and oxygen atoms in total. The summed E-state index contributed by atoms with van der Waals surface area (Å²) in [6.45, 7) is 0. The van der Waals surface area contributed by atoms with Crippen LogP contribution in [0.25, 0.3) is 0 Å². The third-order valence-corrected chi connectivity index (χ3v) is 5.96. The van der Waals surface area contributed by atoms with Gasteiger partial charge in [-0.2, -0.15) is 0 Å². The summed E-state index contributed by atoms with van der Waals surface area (Å²) in [7, 11) is 3.33. The minimum absolute atomic E-state index is 0.0473. The molecule has 26 heavy (non-hydrogen) atoms. The molecule has 1 aliphatic heterocycles. The Morgan fingerprint density at radius 3 is 2.88 bits per heavy atom. The highest BCUT2D eigenvalue weighted by Gasteiger charge is 2.43. The molecule has 1 saturated carbocycles. The molecule has 0 spiro atoms. The molecule has 4 rings (SSSR count). The number of carbonyl (C=O) groups is 2. The predicted octanol–water partition coefficient (Wildman–Crippen LogP) is 2.58. The lowest BCUT2D eigenvalue weighted by Gasteiger charge is -2.25. The Labute approximate surface area is 155 Å².